The van der Waals surface area contributed by atoms with Gasteiger partial charge in [0.15, 0.2) is 0 Å². The summed E-state index contributed by atoms with van der Waals surface area (Å²) in [6.07, 6.45) is 2.76. The van der Waals surface area contributed by atoms with Gasteiger partial charge < -0.3 is 10.6 Å². The molecule has 0 radical (unpaired) electrons. The van der Waals surface area contributed by atoms with Crippen LogP contribution < -0.4 is 10.6 Å². The van der Waals surface area contributed by atoms with E-state index in [-0.39, 0.29) is 0 Å². The first-order valence-electron chi connectivity index (χ1n) is 7.90. The monoisotopic (exact) mass is 338 g/mol. The topological polar surface area (TPSA) is 49.8 Å². The first-order valence-corrected chi connectivity index (χ1v) is 8.28. The maximum absolute atomic E-state index is 5.90. The third kappa shape index (κ3) is 4.46. The van der Waals surface area contributed by atoms with E-state index in [1.165, 1.54) is 5.56 Å². The fourth-order valence-corrected chi connectivity index (χ4v) is 2.39. The van der Waals surface area contributed by atoms with Crippen molar-refractivity contribution in [3.63, 3.8) is 0 Å². The van der Waals surface area contributed by atoms with E-state index in [0.717, 1.165) is 28.5 Å². The molecule has 1 aromatic heterocycles. The molecule has 0 amide bonds. The first-order chi connectivity index (χ1) is 11.7. The predicted molar refractivity (Wildman–Crippen MR) is 99.9 cm³/mol. The van der Waals surface area contributed by atoms with Crippen LogP contribution in [0.4, 0.5) is 17.5 Å². The van der Waals surface area contributed by atoms with Crippen LogP contribution in [0, 0.1) is 0 Å². The van der Waals surface area contributed by atoms with Gasteiger partial charge in [-0.3, -0.25) is 0 Å². The van der Waals surface area contributed by atoms with Crippen LogP contribution in [0.1, 0.15) is 18.1 Å². The molecule has 0 aliphatic carbocycles. The van der Waals surface area contributed by atoms with Gasteiger partial charge in [-0.05, 0) is 47.9 Å². The standard InChI is InChI=1S/C19H19ClN4/c1-2-14-5-9-17(10-6-14)23-19-21-12-11-18(24-19)22-13-15-3-7-16(20)8-4-15/h3-12H,2,13H2,1H3,(H2,21,22,23,24). The molecule has 0 saturated heterocycles. The van der Waals surface area contributed by atoms with Gasteiger partial charge in [-0.1, -0.05) is 42.8 Å². The molecule has 3 aromatic rings. The van der Waals surface area contributed by atoms with Crippen molar-refractivity contribution in [1.29, 1.82) is 0 Å². The van der Waals surface area contributed by atoms with Gasteiger partial charge in [-0.25, -0.2) is 4.98 Å². The molecular weight excluding hydrogens is 320 g/mol. The Morgan fingerprint density at radius 1 is 0.917 bits per heavy atom. The fourth-order valence-electron chi connectivity index (χ4n) is 2.27. The molecule has 0 fully saturated rings. The molecule has 0 aliphatic rings. The molecular formula is C19H19ClN4. The van der Waals surface area contributed by atoms with E-state index in [4.69, 9.17) is 11.6 Å². The molecule has 24 heavy (non-hydrogen) atoms. The molecule has 0 bridgehead atoms. The van der Waals surface area contributed by atoms with E-state index in [2.05, 4.69) is 39.7 Å². The number of aryl methyl sites for hydroxylation is 1. The number of nitrogens with zero attached hydrogens (tertiary/aromatic N) is 2. The van der Waals surface area contributed by atoms with Crippen molar-refractivity contribution in [2.75, 3.05) is 10.6 Å². The lowest BCUT2D eigenvalue weighted by atomic mass is 10.1. The Labute approximate surface area is 146 Å². The molecule has 122 valence electrons. The molecule has 0 saturated carbocycles. The van der Waals surface area contributed by atoms with Crippen molar-refractivity contribution in [2.45, 2.75) is 19.9 Å². The molecule has 3 rings (SSSR count). The molecule has 4 nitrogen and oxygen atoms in total. The van der Waals surface area contributed by atoms with Gasteiger partial charge in [-0.2, -0.15) is 4.98 Å². The number of hydrogen-bond donors (Lipinski definition) is 2. The Morgan fingerprint density at radius 2 is 1.62 bits per heavy atom. The van der Waals surface area contributed by atoms with Gasteiger partial charge >= 0.3 is 0 Å². The van der Waals surface area contributed by atoms with Gasteiger partial charge in [-0.15, -0.1) is 0 Å². The van der Waals surface area contributed by atoms with Crippen molar-refractivity contribution in [1.82, 2.24) is 9.97 Å². The van der Waals surface area contributed by atoms with Crippen LogP contribution in [-0.2, 0) is 13.0 Å². The van der Waals surface area contributed by atoms with Gasteiger partial charge in [0.25, 0.3) is 0 Å². The second kappa shape index (κ2) is 7.79. The fraction of sp³-hybridized carbons (Fsp3) is 0.158. The van der Waals surface area contributed by atoms with Crippen LogP contribution in [0.25, 0.3) is 0 Å². The summed E-state index contributed by atoms with van der Waals surface area (Å²) < 4.78 is 0. The Bertz CT molecular complexity index is 785. The van der Waals surface area contributed by atoms with E-state index in [0.29, 0.717) is 12.5 Å². The van der Waals surface area contributed by atoms with Crippen molar-refractivity contribution < 1.29 is 0 Å². The third-order valence-electron chi connectivity index (χ3n) is 3.66. The molecule has 0 spiro atoms. The number of rotatable bonds is 6. The Kier molecular flexibility index (Phi) is 5.29. The van der Waals surface area contributed by atoms with E-state index < -0.39 is 0 Å². The normalized spacial score (nSPS) is 10.4. The summed E-state index contributed by atoms with van der Waals surface area (Å²) in [5.74, 6) is 1.34. The quantitative estimate of drug-likeness (QED) is 0.660. The summed E-state index contributed by atoms with van der Waals surface area (Å²) in [6.45, 7) is 2.82. The number of hydrogen-bond acceptors (Lipinski definition) is 4. The highest BCUT2D eigenvalue weighted by Gasteiger charge is 2.01. The van der Waals surface area contributed by atoms with Crippen molar-refractivity contribution in [3.05, 3.63) is 76.9 Å². The first kappa shape index (κ1) is 16.3. The largest absolute Gasteiger partial charge is 0.366 e. The third-order valence-corrected chi connectivity index (χ3v) is 3.91. The zero-order valence-corrected chi connectivity index (χ0v) is 14.2. The highest BCUT2D eigenvalue weighted by Crippen LogP contribution is 2.16. The minimum Gasteiger partial charge on any atom is -0.366 e. The van der Waals surface area contributed by atoms with E-state index in [1.54, 1.807) is 6.20 Å². The van der Waals surface area contributed by atoms with Crippen LogP contribution in [0.5, 0.6) is 0 Å². The molecule has 0 atom stereocenters. The molecule has 1 heterocycles. The predicted octanol–water partition coefficient (Wildman–Crippen LogP) is 5.05. The van der Waals surface area contributed by atoms with Crippen molar-refractivity contribution in [2.24, 2.45) is 0 Å². The summed E-state index contributed by atoms with van der Waals surface area (Å²) >= 11 is 5.90. The zero-order valence-electron chi connectivity index (χ0n) is 13.5. The lowest BCUT2D eigenvalue weighted by Crippen LogP contribution is -2.04. The Balaban J connectivity index is 1.63. The number of anilines is 3. The van der Waals surface area contributed by atoms with Gasteiger partial charge in [0.1, 0.15) is 5.82 Å². The number of benzene rings is 2. The van der Waals surface area contributed by atoms with Gasteiger partial charge in [0, 0.05) is 23.5 Å². The van der Waals surface area contributed by atoms with Gasteiger partial charge in [0.2, 0.25) is 5.95 Å². The number of nitrogens with one attached hydrogen (secondary N) is 2. The average molecular weight is 339 g/mol. The van der Waals surface area contributed by atoms with Crippen LogP contribution in [-0.4, -0.2) is 9.97 Å². The maximum atomic E-state index is 5.90. The van der Waals surface area contributed by atoms with E-state index in [9.17, 15) is 0 Å². The van der Waals surface area contributed by atoms with Crippen LogP contribution in [0.15, 0.2) is 60.8 Å². The lowest BCUT2D eigenvalue weighted by Gasteiger charge is -2.09. The SMILES string of the molecule is CCc1ccc(Nc2nccc(NCc3ccc(Cl)cc3)n2)cc1. The minimum atomic E-state index is 0.570. The molecule has 0 aliphatic heterocycles. The summed E-state index contributed by atoms with van der Waals surface area (Å²) in [5, 5.41) is 7.25. The smallest absolute Gasteiger partial charge is 0.229 e. The summed E-state index contributed by atoms with van der Waals surface area (Å²) in [4.78, 5) is 8.75. The van der Waals surface area contributed by atoms with E-state index >= 15 is 0 Å². The lowest BCUT2D eigenvalue weighted by molar-refractivity contribution is 1.08. The van der Waals surface area contributed by atoms with Crippen LogP contribution in [0.2, 0.25) is 5.02 Å². The Morgan fingerprint density at radius 3 is 2.33 bits per heavy atom. The minimum absolute atomic E-state index is 0.570. The van der Waals surface area contributed by atoms with E-state index in [1.807, 2.05) is 42.5 Å². The Hall–Kier alpha value is -2.59. The van der Waals surface area contributed by atoms with Crippen LogP contribution in [0.3, 0.4) is 0 Å². The van der Waals surface area contributed by atoms with Gasteiger partial charge in [0.05, 0.1) is 0 Å². The molecule has 2 aromatic carbocycles. The average Bonchev–Trinajstić information content (AvgIpc) is 2.62. The number of aromatic nitrogens is 2. The van der Waals surface area contributed by atoms with Crippen LogP contribution >= 0.6 is 11.6 Å². The zero-order chi connectivity index (χ0) is 16.8. The second-order valence-electron chi connectivity index (χ2n) is 5.42. The molecule has 5 heteroatoms. The van der Waals surface area contributed by atoms with Crippen molar-refractivity contribution >= 4 is 29.1 Å². The molecule has 0 unspecified atom stereocenters. The highest BCUT2D eigenvalue weighted by atomic mass is 35.5. The number of halogens is 1. The highest BCUT2D eigenvalue weighted by molar-refractivity contribution is 6.30. The van der Waals surface area contributed by atoms with Crippen molar-refractivity contribution in [3.8, 4) is 0 Å². The summed E-state index contributed by atoms with van der Waals surface area (Å²) in [5.41, 5.74) is 3.42. The maximum Gasteiger partial charge on any atom is 0.229 e. The summed E-state index contributed by atoms with van der Waals surface area (Å²) in [6, 6.07) is 17.9. The summed E-state index contributed by atoms with van der Waals surface area (Å²) in [7, 11) is 0. The second-order valence-corrected chi connectivity index (χ2v) is 5.86. The molecule has 2 N–H and O–H groups in total.